The number of aryl methyl sites for hydroxylation is 3. The van der Waals surface area contributed by atoms with Crippen molar-refractivity contribution in [1.82, 2.24) is 29.6 Å². The van der Waals surface area contributed by atoms with Gasteiger partial charge in [-0.25, -0.2) is 13.6 Å². The summed E-state index contributed by atoms with van der Waals surface area (Å²) in [6.45, 7) is 3.39. The molecule has 0 radical (unpaired) electrons. The fourth-order valence-corrected chi connectivity index (χ4v) is 3.70. The van der Waals surface area contributed by atoms with Crippen LogP contribution in [0.2, 0.25) is 0 Å². The number of benzene rings is 2. The van der Waals surface area contributed by atoms with Crippen molar-refractivity contribution in [3.05, 3.63) is 69.8 Å². The van der Waals surface area contributed by atoms with Crippen molar-refractivity contribution in [2.45, 2.75) is 33.4 Å². The maximum Gasteiger partial charge on any atom is 0.368 e. The number of rotatable bonds is 8. The third-order valence-corrected chi connectivity index (χ3v) is 5.37. The summed E-state index contributed by atoms with van der Waals surface area (Å²) in [5.41, 5.74) is 3.85. The van der Waals surface area contributed by atoms with Crippen LogP contribution in [0.25, 0.3) is 16.9 Å². The van der Waals surface area contributed by atoms with Gasteiger partial charge in [0.1, 0.15) is 24.7 Å². The van der Waals surface area contributed by atoms with Gasteiger partial charge in [-0.15, -0.1) is 0 Å². The van der Waals surface area contributed by atoms with Crippen molar-refractivity contribution >= 4 is 0 Å². The molecule has 4 aromatic rings. The van der Waals surface area contributed by atoms with Gasteiger partial charge >= 0.3 is 5.69 Å². The summed E-state index contributed by atoms with van der Waals surface area (Å²) in [7, 11) is 3.06. The summed E-state index contributed by atoms with van der Waals surface area (Å²) >= 11 is 0. The molecule has 0 aliphatic heterocycles. The zero-order valence-electron chi connectivity index (χ0n) is 19.2. The topological polar surface area (TPSA) is 89.0 Å². The molecular formula is C23H24F2N6O3. The molecule has 0 bridgehead atoms. The fraction of sp³-hybridized carbons (Fsp3) is 0.304. The molecule has 0 atom stereocenters. The van der Waals surface area contributed by atoms with Gasteiger partial charge in [0.05, 0.1) is 24.1 Å². The van der Waals surface area contributed by atoms with E-state index in [0.717, 1.165) is 21.4 Å². The Bertz CT molecular complexity index is 1380. The van der Waals surface area contributed by atoms with E-state index in [1.165, 1.54) is 23.5 Å². The minimum Gasteiger partial charge on any atom is -0.496 e. The molecule has 2 aromatic heterocycles. The molecular weight excluding hydrogens is 446 g/mol. The number of tetrazole rings is 1. The van der Waals surface area contributed by atoms with Gasteiger partial charge in [0.2, 0.25) is 0 Å². The first-order valence-electron chi connectivity index (χ1n) is 10.5. The summed E-state index contributed by atoms with van der Waals surface area (Å²) in [6.07, 6.45) is -0.860. The van der Waals surface area contributed by atoms with Crippen LogP contribution in [0.15, 0.2) is 47.4 Å². The van der Waals surface area contributed by atoms with E-state index in [1.807, 2.05) is 26.0 Å². The summed E-state index contributed by atoms with van der Waals surface area (Å²) in [5, 5.41) is 12.0. The lowest BCUT2D eigenvalue weighted by Crippen LogP contribution is -2.23. The van der Waals surface area contributed by atoms with E-state index in [0.29, 0.717) is 28.4 Å². The van der Waals surface area contributed by atoms with Crippen LogP contribution in [0.1, 0.15) is 16.7 Å². The number of hydrogen-bond donors (Lipinski definition) is 0. The van der Waals surface area contributed by atoms with Crippen LogP contribution in [0.3, 0.4) is 0 Å². The van der Waals surface area contributed by atoms with Crippen molar-refractivity contribution in [3.8, 4) is 28.4 Å². The van der Waals surface area contributed by atoms with Crippen molar-refractivity contribution in [2.24, 2.45) is 7.05 Å². The van der Waals surface area contributed by atoms with Crippen molar-refractivity contribution < 1.29 is 18.3 Å². The molecule has 0 spiro atoms. The second kappa shape index (κ2) is 9.46. The Morgan fingerprint density at radius 2 is 1.85 bits per heavy atom. The molecule has 34 heavy (non-hydrogen) atoms. The molecule has 11 heteroatoms. The smallest absolute Gasteiger partial charge is 0.368 e. The van der Waals surface area contributed by atoms with Crippen molar-refractivity contribution in [1.29, 1.82) is 0 Å². The lowest BCUT2D eigenvalue weighted by Gasteiger charge is -2.15. The van der Waals surface area contributed by atoms with Crippen LogP contribution in [0, 0.1) is 13.8 Å². The van der Waals surface area contributed by atoms with Gasteiger partial charge in [-0.05, 0) is 65.7 Å². The number of halogens is 2. The van der Waals surface area contributed by atoms with Gasteiger partial charge < -0.3 is 9.47 Å². The zero-order valence-corrected chi connectivity index (χ0v) is 19.2. The van der Waals surface area contributed by atoms with Gasteiger partial charge in [0.15, 0.2) is 0 Å². The fourth-order valence-electron chi connectivity index (χ4n) is 3.70. The Labute approximate surface area is 194 Å². The molecule has 0 amide bonds. The molecule has 9 nitrogen and oxygen atoms in total. The van der Waals surface area contributed by atoms with Gasteiger partial charge in [0, 0.05) is 18.8 Å². The minimum absolute atomic E-state index is 0.116. The Balaban J connectivity index is 1.60. The van der Waals surface area contributed by atoms with Crippen LogP contribution in [-0.4, -0.2) is 43.1 Å². The predicted octanol–water partition coefficient (Wildman–Crippen LogP) is 3.30. The second-order valence-corrected chi connectivity index (χ2v) is 7.80. The second-order valence-electron chi connectivity index (χ2n) is 7.80. The first kappa shape index (κ1) is 23.1. The average molecular weight is 470 g/mol. The number of methoxy groups -OCH3 is 1. The zero-order chi connectivity index (χ0) is 24.4. The SMILES string of the molecule is COc1cccc(-n2nnn(C)c2=O)c1COc1ccc(-c2nn(CC(F)F)cc2C)cc1C. The van der Waals surface area contributed by atoms with Gasteiger partial charge in [0.25, 0.3) is 6.43 Å². The van der Waals surface area contributed by atoms with E-state index in [-0.39, 0.29) is 6.61 Å². The maximum absolute atomic E-state index is 12.7. The number of hydrogen-bond acceptors (Lipinski definition) is 6. The molecule has 0 unspecified atom stereocenters. The average Bonchev–Trinajstić information content (AvgIpc) is 3.33. The lowest BCUT2D eigenvalue weighted by atomic mass is 10.1. The van der Waals surface area contributed by atoms with E-state index in [9.17, 15) is 13.6 Å². The molecule has 2 heterocycles. The number of ether oxygens (including phenoxy) is 2. The molecule has 4 rings (SSSR count). The van der Waals surface area contributed by atoms with Crippen LogP contribution < -0.4 is 15.2 Å². The quantitative estimate of drug-likeness (QED) is 0.393. The van der Waals surface area contributed by atoms with Crippen LogP contribution in [0.5, 0.6) is 11.5 Å². The highest BCUT2D eigenvalue weighted by molar-refractivity contribution is 5.64. The number of aromatic nitrogens is 6. The van der Waals surface area contributed by atoms with Crippen LogP contribution >= 0.6 is 0 Å². The van der Waals surface area contributed by atoms with Gasteiger partial charge in [-0.2, -0.15) is 14.5 Å². The van der Waals surface area contributed by atoms with E-state index >= 15 is 0 Å². The molecule has 0 fully saturated rings. The molecule has 0 aliphatic rings. The Hall–Kier alpha value is -4.02. The van der Waals surface area contributed by atoms with E-state index in [1.54, 1.807) is 30.5 Å². The first-order chi connectivity index (χ1) is 16.3. The maximum atomic E-state index is 12.7. The monoisotopic (exact) mass is 470 g/mol. The van der Waals surface area contributed by atoms with Crippen molar-refractivity contribution in [2.75, 3.05) is 7.11 Å². The normalized spacial score (nSPS) is 11.3. The Morgan fingerprint density at radius 1 is 1.06 bits per heavy atom. The Morgan fingerprint density at radius 3 is 2.50 bits per heavy atom. The van der Waals surface area contributed by atoms with E-state index in [4.69, 9.17) is 9.47 Å². The van der Waals surface area contributed by atoms with Crippen molar-refractivity contribution in [3.63, 3.8) is 0 Å². The third kappa shape index (κ3) is 4.54. The summed E-state index contributed by atoms with van der Waals surface area (Å²) < 4.78 is 40.6. The highest BCUT2D eigenvalue weighted by Gasteiger charge is 2.17. The lowest BCUT2D eigenvalue weighted by molar-refractivity contribution is 0.122. The standard InChI is InChI=1S/C23H24F2N6O3/c1-14-10-16(22-15(2)11-30(26-22)12-21(24)25)8-9-19(14)34-13-17-18(6-5-7-20(17)33-4)31-23(32)29(3)27-28-31/h5-11,21H,12-13H2,1-4H3. The molecule has 178 valence electrons. The number of nitrogens with zero attached hydrogens (tertiary/aromatic N) is 6. The summed E-state index contributed by atoms with van der Waals surface area (Å²) in [4.78, 5) is 12.4. The number of alkyl halides is 2. The van der Waals surface area contributed by atoms with Crippen LogP contribution in [-0.2, 0) is 20.2 Å². The van der Waals surface area contributed by atoms with E-state index in [2.05, 4.69) is 15.5 Å². The summed E-state index contributed by atoms with van der Waals surface area (Å²) in [5.74, 6) is 1.17. The highest BCUT2D eigenvalue weighted by Crippen LogP contribution is 2.30. The predicted molar refractivity (Wildman–Crippen MR) is 121 cm³/mol. The third-order valence-electron chi connectivity index (χ3n) is 5.37. The molecule has 0 saturated heterocycles. The first-order valence-corrected chi connectivity index (χ1v) is 10.5. The molecule has 0 N–H and O–H groups in total. The van der Waals surface area contributed by atoms with Crippen LogP contribution in [0.4, 0.5) is 8.78 Å². The van der Waals surface area contributed by atoms with Gasteiger partial charge in [-0.1, -0.05) is 6.07 Å². The Kier molecular flexibility index (Phi) is 6.44. The van der Waals surface area contributed by atoms with E-state index < -0.39 is 18.7 Å². The molecule has 0 aliphatic carbocycles. The van der Waals surface area contributed by atoms with Gasteiger partial charge in [-0.3, -0.25) is 4.68 Å². The molecule has 2 aromatic carbocycles. The largest absolute Gasteiger partial charge is 0.496 e. The molecule has 0 saturated carbocycles. The summed E-state index contributed by atoms with van der Waals surface area (Å²) in [6, 6.07) is 10.8. The highest BCUT2D eigenvalue weighted by atomic mass is 19.3. The minimum atomic E-state index is -2.47.